The highest BCUT2D eigenvalue weighted by molar-refractivity contribution is 6.36. The fraction of sp³-hybridized carbons (Fsp3) is 0.800. The molecule has 13 heavy (non-hydrogen) atoms. The van der Waals surface area contributed by atoms with Crippen molar-refractivity contribution >= 4 is 7.41 Å². The molecule has 1 unspecified atom stereocenters. The number of nitrogens with zero attached hydrogens (tertiary/aromatic N) is 1. The molecule has 72 valence electrons. The van der Waals surface area contributed by atoms with Crippen LogP contribution >= 0.6 is 0 Å². The molecule has 1 aliphatic heterocycles. The first-order valence-corrected chi connectivity index (χ1v) is 5.52. The molecule has 0 bridgehead atoms. The van der Waals surface area contributed by atoms with Crippen LogP contribution in [0.3, 0.4) is 0 Å². The third-order valence-corrected chi connectivity index (χ3v) is 3.36. The maximum Gasteiger partial charge on any atom is 0.239 e. The second-order valence-corrected chi connectivity index (χ2v) is 4.35. The number of allylic oxidation sites excluding steroid dienone is 1. The highest BCUT2D eigenvalue weighted by Crippen LogP contribution is 2.39. The molecule has 1 heterocycles. The van der Waals surface area contributed by atoms with Crippen LogP contribution in [0, 0.1) is 0 Å². The Bertz CT molecular complexity index is 211. The summed E-state index contributed by atoms with van der Waals surface area (Å²) in [7, 11) is 1.27. The maximum atomic E-state index is 5.63. The van der Waals surface area contributed by atoms with E-state index in [4.69, 9.17) is 5.73 Å². The van der Waals surface area contributed by atoms with E-state index in [2.05, 4.69) is 11.7 Å². The van der Waals surface area contributed by atoms with Crippen molar-refractivity contribution in [2.75, 3.05) is 0 Å². The highest BCUT2D eigenvalue weighted by Gasteiger charge is 2.33. The summed E-state index contributed by atoms with van der Waals surface area (Å²) in [5, 5.41) is 0. The van der Waals surface area contributed by atoms with Gasteiger partial charge in [0.1, 0.15) is 0 Å². The van der Waals surface area contributed by atoms with Crippen molar-refractivity contribution in [1.29, 1.82) is 0 Å². The minimum Gasteiger partial charge on any atom is -0.417 e. The molecule has 0 radical (unpaired) electrons. The van der Waals surface area contributed by atoms with Gasteiger partial charge in [-0.25, -0.2) is 0 Å². The number of rotatable bonds is 3. The third kappa shape index (κ3) is 1.84. The molecule has 2 N–H and O–H groups in total. The first-order valence-electron chi connectivity index (χ1n) is 5.52. The molecule has 2 rings (SSSR count). The molecule has 0 amide bonds. The van der Waals surface area contributed by atoms with Crippen molar-refractivity contribution in [3.63, 3.8) is 0 Å². The molecule has 3 heteroatoms. The zero-order valence-corrected chi connectivity index (χ0v) is 8.50. The summed E-state index contributed by atoms with van der Waals surface area (Å²) < 4.78 is 0. The Balaban J connectivity index is 1.99. The Morgan fingerprint density at radius 3 is 2.85 bits per heavy atom. The van der Waals surface area contributed by atoms with E-state index in [9.17, 15) is 0 Å². The molecule has 0 aromatic rings. The lowest BCUT2D eigenvalue weighted by Gasteiger charge is -2.26. The second kappa shape index (κ2) is 3.65. The number of nitrogens with two attached hydrogens (primary N) is 1. The van der Waals surface area contributed by atoms with E-state index < -0.39 is 0 Å². The van der Waals surface area contributed by atoms with E-state index in [1.807, 2.05) is 6.20 Å². The first-order chi connectivity index (χ1) is 6.35. The van der Waals surface area contributed by atoms with E-state index in [1.54, 1.807) is 0 Å². The van der Waals surface area contributed by atoms with Crippen LogP contribution in [-0.4, -0.2) is 18.3 Å². The molecule has 0 spiro atoms. The van der Waals surface area contributed by atoms with Crippen molar-refractivity contribution in [2.24, 2.45) is 5.73 Å². The third-order valence-electron chi connectivity index (χ3n) is 3.36. The van der Waals surface area contributed by atoms with Crippen LogP contribution in [0.4, 0.5) is 0 Å². The van der Waals surface area contributed by atoms with Gasteiger partial charge in [0.25, 0.3) is 0 Å². The predicted molar refractivity (Wildman–Crippen MR) is 57.6 cm³/mol. The lowest BCUT2D eigenvalue weighted by atomic mass is 9.82. The summed E-state index contributed by atoms with van der Waals surface area (Å²) >= 11 is 0. The van der Waals surface area contributed by atoms with Crippen LogP contribution < -0.4 is 5.73 Å². The van der Waals surface area contributed by atoms with Gasteiger partial charge in [0.15, 0.2) is 0 Å². The molecular formula is C10H19BN2. The van der Waals surface area contributed by atoms with Gasteiger partial charge in [0, 0.05) is 17.9 Å². The molecule has 1 saturated carbocycles. The first kappa shape index (κ1) is 8.98. The highest BCUT2D eigenvalue weighted by atomic mass is 15.1. The van der Waals surface area contributed by atoms with Crippen LogP contribution in [-0.2, 0) is 0 Å². The Labute approximate surface area is 81.4 Å². The van der Waals surface area contributed by atoms with Gasteiger partial charge in [-0.3, -0.25) is 0 Å². The summed E-state index contributed by atoms with van der Waals surface area (Å²) in [5.41, 5.74) is 7.02. The van der Waals surface area contributed by atoms with Crippen molar-refractivity contribution in [3.05, 3.63) is 11.9 Å². The topological polar surface area (TPSA) is 29.3 Å². The van der Waals surface area contributed by atoms with E-state index >= 15 is 0 Å². The van der Waals surface area contributed by atoms with Crippen molar-refractivity contribution in [3.8, 4) is 0 Å². The smallest absolute Gasteiger partial charge is 0.239 e. The molecule has 1 saturated heterocycles. The lowest BCUT2D eigenvalue weighted by Crippen LogP contribution is -2.31. The fourth-order valence-corrected chi connectivity index (χ4v) is 2.30. The fourth-order valence-electron chi connectivity index (χ4n) is 2.30. The molecule has 2 aliphatic rings. The Hall–Kier alpha value is -0.595. The zero-order valence-electron chi connectivity index (χ0n) is 8.50. The monoisotopic (exact) mass is 178 g/mol. The second-order valence-electron chi connectivity index (χ2n) is 4.35. The number of hydrogen-bond acceptors (Lipinski definition) is 2. The summed E-state index contributed by atoms with van der Waals surface area (Å²) in [6.07, 6.45) is 8.46. The minimum absolute atomic E-state index is 0.774. The van der Waals surface area contributed by atoms with Crippen molar-refractivity contribution in [1.82, 2.24) is 4.81 Å². The Kier molecular flexibility index (Phi) is 2.52. The van der Waals surface area contributed by atoms with E-state index in [1.165, 1.54) is 45.2 Å². The van der Waals surface area contributed by atoms with E-state index in [0.29, 0.717) is 0 Å². The quantitative estimate of drug-likeness (QED) is 0.665. The number of hydrogen-bond donors (Lipinski definition) is 1. The summed E-state index contributed by atoms with van der Waals surface area (Å²) in [5.74, 6) is 0.974. The standard InChI is InChI=1S/C10H19BN2/c1-2-9-5-6-10(7-12)13(9)11-8-3-4-8/h7-9,11H,2-6,12H2,1H3/b10-7-. The molecule has 2 fully saturated rings. The van der Waals surface area contributed by atoms with Gasteiger partial charge in [-0.2, -0.15) is 0 Å². The zero-order chi connectivity index (χ0) is 9.26. The average molecular weight is 178 g/mol. The predicted octanol–water partition coefficient (Wildman–Crippen LogP) is 1.59. The normalized spacial score (nSPS) is 31.3. The molecule has 0 aromatic heterocycles. The Morgan fingerprint density at radius 1 is 1.54 bits per heavy atom. The van der Waals surface area contributed by atoms with Gasteiger partial charge in [-0.15, -0.1) is 0 Å². The average Bonchev–Trinajstić information content (AvgIpc) is 2.86. The summed E-state index contributed by atoms with van der Waals surface area (Å²) in [4.78, 5) is 2.55. The van der Waals surface area contributed by atoms with Crippen molar-refractivity contribution < 1.29 is 0 Å². The maximum absolute atomic E-state index is 5.63. The van der Waals surface area contributed by atoms with Gasteiger partial charge >= 0.3 is 0 Å². The molecule has 2 nitrogen and oxygen atoms in total. The Morgan fingerprint density at radius 2 is 2.31 bits per heavy atom. The van der Waals surface area contributed by atoms with E-state index in [-0.39, 0.29) is 0 Å². The summed E-state index contributed by atoms with van der Waals surface area (Å²) in [6.45, 7) is 2.28. The van der Waals surface area contributed by atoms with Crippen LogP contribution in [0.25, 0.3) is 0 Å². The van der Waals surface area contributed by atoms with Crippen LogP contribution in [0.1, 0.15) is 39.0 Å². The van der Waals surface area contributed by atoms with Crippen LogP contribution in [0.5, 0.6) is 0 Å². The van der Waals surface area contributed by atoms with Gasteiger partial charge in [0.2, 0.25) is 7.41 Å². The minimum atomic E-state index is 0.774. The molecular weight excluding hydrogens is 159 g/mol. The van der Waals surface area contributed by atoms with Crippen LogP contribution in [0.2, 0.25) is 5.82 Å². The van der Waals surface area contributed by atoms with Gasteiger partial charge in [0.05, 0.1) is 0 Å². The summed E-state index contributed by atoms with van der Waals surface area (Å²) in [6, 6.07) is 0.774. The van der Waals surface area contributed by atoms with Gasteiger partial charge in [-0.1, -0.05) is 19.8 Å². The molecule has 1 aliphatic carbocycles. The largest absolute Gasteiger partial charge is 0.417 e. The van der Waals surface area contributed by atoms with E-state index in [0.717, 1.165) is 11.9 Å². The van der Waals surface area contributed by atoms with Crippen LogP contribution in [0.15, 0.2) is 11.9 Å². The van der Waals surface area contributed by atoms with Gasteiger partial charge in [-0.05, 0) is 25.1 Å². The molecule has 1 atom stereocenters. The lowest BCUT2D eigenvalue weighted by molar-refractivity contribution is 0.434. The van der Waals surface area contributed by atoms with Crippen molar-refractivity contribution in [2.45, 2.75) is 50.9 Å². The molecule has 0 aromatic carbocycles. The SMILES string of the molecule is CCC1CC/C(=C/N)N1BC1CC1. The van der Waals surface area contributed by atoms with Gasteiger partial charge < -0.3 is 10.5 Å².